The van der Waals surface area contributed by atoms with E-state index in [1.54, 1.807) is 0 Å². The van der Waals surface area contributed by atoms with Gasteiger partial charge in [0.1, 0.15) is 11.7 Å². The summed E-state index contributed by atoms with van der Waals surface area (Å²) in [7, 11) is 0. The first-order valence-corrected chi connectivity index (χ1v) is 9.44. The molecule has 6 heteroatoms. The molecule has 25 heavy (non-hydrogen) atoms. The van der Waals surface area contributed by atoms with Crippen LogP contribution in [0, 0.1) is 6.92 Å². The maximum absolute atomic E-state index is 13.1. The number of ether oxygens (including phenoxy) is 1. The number of aryl methyl sites for hydroxylation is 1. The highest BCUT2D eigenvalue weighted by atomic mass is 16.5. The van der Waals surface area contributed by atoms with Crippen LogP contribution in [0.1, 0.15) is 31.0 Å². The SMILES string of the molecule is CCN1C(=O)[C@H]2CN(Cc3ccc(C)nc3)CCN2C12CCOCC2. The van der Waals surface area contributed by atoms with Gasteiger partial charge >= 0.3 is 0 Å². The van der Waals surface area contributed by atoms with Gasteiger partial charge in [-0.15, -0.1) is 0 Å². The Morgan fingerprint density at radius 2 is 2.08 bits per heavy atom. The van der Waals surface area contributed by atoms with Crippen LogP contribution in [-0.2, 0) is 16.1 Å². The van der Waals surface area contributed by atoms with E-state index in [0.29, 0.717) is 5.91 Å². The van der Waals surface area contributed by atoms with Crippen molar-refractivity contribution in [2.45, 2.75) is 44.9 Å². The molecule has 3 saturated heterocycles. The standard InChI is InChI=1S/C19H28N4O2/c1-3-22-18(24)17-14-21(13-16-5-4-15(2)20-12-16)8-9-23(17)19(22)6-10-25-11-7-19/h4-5,12,17H,3,6-11,13-14H2,1-2H3/t17-/m1/s1. The van der Waals surface area contributed by atoms with Crippen molar-refractivity contribution in [2.75, 3.05) is 39.4 Å². The van der Waals surface area contributed by atoms with Crippen molar-refractivity contribution in [3.8, 4) is 0 Å². The van der Waals surface area contributed by atoms with Gasteiger partial charge in [-0.3, -0.25) is 19.6 Å². The third-order valence-corrected chi connectivity index (χ3v) is 6.04. The van der Waals surface area contributed by atoms with Crippen LogP contribution in [0.2, 0.25) is 0 Å². The van der Waals surface area contributed by atoms with E-state index in [9.17, 15) is 4.79 Å². The molecule has 3 fully saturated rings. The number of aromatic nitrogens is 1. The average Bonchev–Trinajstić information content (AvgIpc) is 2.85. The van der Waals surface area contributed by atoms with Crippen LogP contribution in [0.15, 0.2) is 18.3 Å². The quantitative estimate of drug-likeness (QED) is 0.826. The van der Waals surface area contributed by atoms with Crippen LogP contribution >= 0.6 is 0 Å². The van der Waals surface area contributed by atoms with E-state index in [1.165, 1.54) is 5.56 Å². The molecule has 1 aromatic rings. The van der Waals surface area contributed by atoms with Gasteiger partial charge in [-0.1, -0.05) is 6.07 Å². The monoisotopic (exact) mass is 344 g/mol. The molecule has 3 aliphatic rings. The molecule has 0 saturated carbocycles. The molecular weight excluding hydrogens is 316 g/mol. The van der Waals surface area contributed by atoms with Crippen LogP contribution in [0.3, 0.4) is 0 Å². The topological polar surface area (TPSA) is 48.9 Å². The smallest absolute Gasteiger partial charge is 0.242 e. The molecule has 0 bridgehead atoms. The molecule has 1 amide bonds. The van der Waals surface area contributed by atoms with Crippen molar-refractivity contribution in [3.63, 3.8) is 0 Å². The molecule has 1 aromatic heterocycles. The van der Waals surface area contributed by atoms with Gasteiger partial charge in [0.25, 0.3) is 0 Å². The van der Waals surface area contributed by atoms with Crippen molar-refractivity contribution >= 4 is 5.91 Å². The van der Waals surface area contributed by atoms with E-state index >= 15 is 0 Å². The van der Waals surface area contributed by atoms with Gasteiger partial charge in [0.2, 0.25) is 5.91 Å². The molecule has 4 heterocycles. The zero-order valence-electron chi connectivity index (χ0n) is 15.3. The number of piperazine rings is 1. The third kappa shape index (κ3) is 2.86. The van der Waals surface area contributed by atoms with Gasteiger partial charge in [-0.05, 0) is 25.5 Å². The normalized spacial score (nSPS) is 27.0. The lowest BCUT2D eigenvalue weighted by molar-refractivity contribution is -0.135. The van der Waals surface area contributed by atoms with Crippen LogP contribution in [0.4, 0.5) is 0 Å². The minimum Gasteiger partial charge on any atom is -0.381 e. The summed E-state index contributed by atoms with van der Waals surface area (Å²) in [6.07, 6.45) is 3.83. The number of pyridine rings is 1. The maximum Gasteiger partial charge on any atom is 0.242 e. The first-order valence-electron chi connectivity index (χ1n) is 9.44. The Morgan fingerprint density at radius 1 is 1.28 bits per heavy atom. The second kappa shape index (κ2) is 6.67. The molecule has 0 radical (unpaired) electrons. The maximum atomic E-state index is 13.1. The van der Waals surface area contributed by atoms with Crippen LogP contribution in [0.5, 0.6) is 0 Å². The summed E-state index contributed by atoms with van der Waals surface area (Å²) < 4.78 is 5.59. The van der Waals surface area contributed by atoms with E-state index in [-0.39, 0.29) is 11.7 Å². The number of fused-ring (bicyclic) bond motifs is 2. The van der Waals surface area contributed by atoms with Crippen molar-refractivity contribution < 1.29 is 9.53 Å². The van der Waals surface area contributed by atoms with Crippen LogP contribution < -0.4 is 0 Å². The number of rotatable bonds is 3. The molecular formula is C19H28N4O2. The Hall–Kier alpha value is -1.50. The summed E-state index contributed by atoms with van der Waals surface area (Å²) in [6.45, 7) is 10.0. The molecule has 0 N–H and O–H groups in total. The van der Waals surface area contributed by atoms with Gasteiger partial charge in [-0.2, -0.15) is 0 Å². The van der Waals surface area contributed by atoms with Crippen molar-refractivity contribution in [3.05, 3.63) is 29.6 Å². The number of amides is 1. The molecule has 4 rings (SSSR count). The minimum atomic E-state index is -0.105. The Kier molecular flexibility index (Phi) is 4.52. The van der Waals surface area contributed by atoms with E-state index in [1.807, 2.05) is 13.1 Å². The summed E-state index contributed by atoms with van der Waals surface area (Å²) in [5.74, 6) is 0.302. The Morgan fingerprint density at radius 3 is 2.76 bits per heavy atom. The van der Waals surface area contributed by atoms with Gasteiger partial charge in [-0.25, -0.2) is 0 Å². The van der Waals surface area contributed by atoms with Crippen molar-refractivity contribution in [1.82, 2.24) is 19.7 Å². The number of carbonyl (C=O) groups is 1. The lowest BCUT2D eigenvalue weighted by Gasteiger charge is -2.48. The molecule has 1 atom stereocenters. The number of nitrogens with zero attached hydrogens (tertiary/aromatic N) is 4. The molecule has 0 unspecified atom stereocenters. The fraction of sp³-hybridized carbons (Fsp3) is 0.684. The van der Waals surface area contributed by atoms with E-state index in [0.717, 1.165) is 64.5 Å². The minimum absolute atomic E-state index is 0.00907. The Bertz CT molecular complexity index is 627. The Labute approximate surface area is 149 Å². The first kappa shape index (κ1) is 16.9. The average molecular weight is 344 g/mol. The van der Waals surface area contributed by atoms with Gasteiger partial charge < -0.3 is 9.64 Å². The lowest BCUT2D eigenvalue weighted by atomic mass is 9.96. The summed E-state index contributed by atoms with van der Waals surface area (Å²) in [5, 5.41) is 0. The summed E-state index contributed by atoms with van der Waals surface area (Å²) >= 11 is 0. The summed E-state index contributed by atoms with van der Waals surface area (Å²) in [5.41, 5.74) is 2.16. The molecule has 0 aliphatic carbocycles. The number of hydrogen-bond donors (Lipinski definition) is 0. The van der Waals surface area contributed by atoms with Crippen molar-refractivity contribution in [1.29, 1.82) is 0 Å². The van der Waals surface area contributed by atoms with Crippen molar-refractivity contribution in [2.24, 2.45) is 0 Å². The highest BCUT2D eigenvalue weighted by Gasteiger charge is 2.57. The van der Waals surface area contributed by atoms with E-state index in [2.05, 4.69) is 38.7 Å². The highest BCUT2D eigenvalue weighted by molar-refractivity contribution is 5.85. The second-order valence-electron chi connectivity index (χ2n) is 7.43. The molecule has 136 valence electrons. The largest absolute Gasteiger partial charge is 0.381 e. The molecule has 1 spiro atoms. The fourth-order valence-corrected chi connectivity index (χ4v) is 4.79. The fourth-order valence-electron chi connectivity index (χ4n) is 4.79. The zero-order chi connectivity index (χ0) is 17.4. The predicted octanol–water partition coefficient (Wildman–Crippen LogP) is 1.25. The summed E-state index contributed by atoms with van der Waals surface area (Å²) in [4.78, 5) is 24.5. The molecule has 3 aliphatic heterocycles. The lowest BCUT2D eigenvalue weighted by Crippen LogP contribution is -2.61. The first-order chi connectivity index (χ1) is 12.1. The highest BCUT2D eigenvalue weighted by Crippen LogP contribution is 2.41. The summed E-state index contributed by atoms with van der Waals surface area (Å²) in [6, 6.07) is 4.19. The molecule has 0 aromatic carbocycles. The van der Waals surface area contributed by atoms with Gasteiger partial charge in [0.15, 0.2) is 0 Å². The van der Waals surface area contributed by atoms with Gasteiger partial charge in [0, 0.05) is 57.5 Å². The van der Waals surface area contributed by atoms with Crippen LogP contribution in [0.25, 0.3) is 0 Å². The second-order valence-corrected chi connectivity index (χ2v) is 7.43. The number of hydrogen-bond acceptors (Lipinski definition) is 5. The zero-order valence-corrected chi connectivity index (χ0v) is 15.3. The number of likely N-dealkylation sites (N-methyl/N-ethyl adjacent to an activating group) is 1. The van der Waals surface area contributed by atoms with E-state index in [4.69, 9.17) is 4.74 Å². The van der Waals surface area contributed by atoms with Gasteiger partial charge in [0.05, 0.1) is 13.2 Å². The van der Waals surface area contributed by atoms with Crippen LogP contribution in [-0.4, -0.2) is 76.7 Å². The predicted molar refractivity (Wildman–Crippen MR) is 94.9 cm³/mol. The van der Waals surface area contributed by atoms with E-state index < -0.39 is 0 Å². The number of carbonyl (C=O) groups excluding carboxylic acids is 1. The Balaban J connectivity index is 1.51. The third-order valence-electron chi connectivity index (χ3n) is 6.04. The molecule has 6 nitrogen and oxygen atoms in total.